The number of benzene rings is 2. The van der Waals surface area contributed by atoms with Crippen LogP contribution in [0.5, 0.6) is 0 Å². The molecule has 0 aliphatic heterocycles. The number of anilines is 1. The lowest BCUT2D eigenvalue weighted by Crippen LogP contribution is -2.17. The van der Waals surface area contributed by atoms with Crippen molar-refractivity contribution >= 4 is 17.2 Å². The van der Waals surface area contributed by atoms with Crippen LogP contribution in [0.25, 0.3) is 16.9 Å². The van der Waals surface area contributed by atoms with E-state index in [0.717, 1.165) is 39.3 Å². The van der Waals surface area contributed by atoms with E-state index in [-0.39, 0.29) is 18.1 Å². The van der Waals surface area contributed by atoms with E-state index in [4.69, 9.17) is 4.98 Å². The maximum atomic E-state index is 13.8. The zero-order chi connectivity index (χ0) is 21.4. The molecule has 0 fully saturated rings. The van der Waals surface area contributed by atoms with E-state index in [2.05, 4.69) is 5.32 Å². The number of nitrogens with one attached hydrogen (secondary N) is 1. The molecule has 0 atom stereocenters. The van der Waals surface area contributed by atoms with Crippen molar-refractivity contribution in [2.45, 2.75) is 34.1 Å². The van der Waals surface area contributed by atoms with Gasteiger partial charge in [0.05, 0.1) is 17.8 Å². The third kappa shape index (κ3) is 3.71. The molecule has 5 heteroatoms. The summed E-state index contributed by atoms with van der Waals surface area (Å²) in [6.07, 6.45) is 2.13. The van der Waals surface area contributed by atoms with E-state index >= 15 is 0 Å². The number of hydrogen-bond acceptors (Lipinski definition) is 2. The standard InChI is InChI=1S/C25H24FN3O/c1-15-8-11-23-28-25(19-9-10-20(26)17(3)12-19)22(29(23)14-15)13-24(30)27-21-7-5-6-16(2)18(21)4/h5-12,14H,13H2,1-4H3,(H,27,30). The Bertz CT molecular complexity index is 1270. The van der Waals surface area contributed by atoms with Crippen LogP contribution in [0.4, 0.5) is 10.1 Å². The summed E-state index contributed by atoms with van der Waals surface area (Å²) in [4.78, 5) is 17.7. The number of hydrogen-bond donors (Lipinski definition) is 1. The first-order valence-corrected chi connectivity index (χ1v) is 9.93. The maximum Gasteiger partial charge on any atom is 0.230 e. The van der Waals surface area contributed by atoms with Gasteiger partial charge in [-0.05, 0) is 80.3 Å². The number of halogens is 1. The average molecular weight is 401 g/mol. The van der Waals surface area contributed by atoms with Gasteiger partial charge in [-0.3, -0.25) is 4.79 Å². The third-order valence-corrected chi connectivity index (χ3v) is 5.50. The molecule has 1 N–H and O–H groups in total. The summed E-state index contributed by atoms with van der Waals surface area (Å²) in [7, 11) is 0. The Morgan fingerprint density at radius 2 is 1.83 bits per heavy atom. The number of aryl methyl sites for hydroxylation is 3. The van der Waals surface area contributed by atoms with Crippen molar-refractivity contribution in [1.29, 1.82) is 0 Å². The van der Waals surface area contributed by atoms with Crippen molar-refractivity contribution in [2.75, 3.05) is 5.32 Å². The minimum absolute atomic E-state index is 0.118. The van der Waals surface area contributed by atoms with Gasteiger partial charge in [0.2, 0.25) is 5.91 Å². The molecule has 4 rings (SSSR count). The first-order chi connectivity index (χ1) is 14.3. The SMILES string of the molecule is Cc1ccc2nc(-c3ccc(F)c(C)c3)c(CC(=O)Nc3cccc(C)c3C)n2c1. The molecule has 0 aliphatic rings. The topological polar surface area (TPSA) is 46.4 Å². The van der Waals surface area contributed by atoms with Gasteiger partial charge in [0, 0.05) is 17.4 Å². The summed E-state index contributed by atoms with van der Waals surface area (Å²) in [6.45, 7) is 7.75. The van der Waals surface area contributed by atoms with E-state index in [9.17, 15) is 9.18 Å². The fraction of sp³-hybridized carbons (Fsp3) is 0.200. The number of carbonyl (C=O) groups excluding carboxylic acids is 1. The molecule has 2 aromatic heterocycles. The summed E-state index contributed by atoms with van der Waals surface area (Å²) in [6, 6.07) is 14.7. The molecule has 4 nitrogen and oxygen atoms in total. The van der Waals surface area contributed by atoms with Gasteiger partial charge in [-0.2, -0.15) is 0 Å². The van der Waals surface area contributed by atoms with Crippen molar-refractivity contribution in [3.63, 3.8) is 0 Å². The molecule has 1 amide bonds. The number of nitrogens with zero attached hydrogens (tertiary/aromatic N) is 2. The Kier molecular flexibility index (Phi) is 5.12. The summed E-state index contributed by atoms with van der Waals surface area (Å²) in [5.41, 5.74) is 7.63. The molecule has 2 aromatic carbocycles. The minimum Gasteiger partial charge on any atom is -0.326 e. The fourth-order valence-electron chi connectivity index (χ4n) is 3.62. The molecule has 0 saturated carbocycles. The molecule has 0 radical (unpaired) electrons. The predicted octanol–water partition coefficient (Wildman–Crippen LogP) is 5.56. The molecule has 2 heterocycles. The monoisotopic (exact) mass is 401 g/mol. The first-order valence-electron chi connectivity index (χ1n) is 9.93. The van der Waals surface area contributed by atoms with Crippen LogP contribution in [0.1, 0.15) is 27.9 Å². The Balaban J connectivity index is 1.76. The molecule has 0 bridgehead atoms. The summed E-state index contributed by atoms with van der Waals surface area (Å²) in [5, 5.41) is 3.03. The largest absolute Gasteiger partial charge is 0.326 e. The van der Waals surface area contributed by atoms with E-state index < -0.39 is 0 Å². The van der Waals surface area contributed by atoms with Crippen LogP contribution in [0.15, 0.2) is 54.7 Å². The molecule has 0 unspecified atom stereocenters. The van der Waals surface area contributed by atoms with E-state index in [0.29, 0.717) is 11.3 Å². The Labute approximate surface area is 175 Å². The number of amides is 1. The zero-order valence-electron chi connectivity index (χ0n) is 17.6. The maximum absolute atomic E-state index is 13.8. The molecule has 0 spiro atoms. The second-order valence-electron chi connectivity index (χ2n) is 7.78. The summed E-state index contributed by atoms with van der Waals surface area (Å²) in [5.74, 6) is -0.375. The lowest BCUT2D eigenvalue weighted by molar-refractivity contribution is -0.115. The third-order valence-electron chi connectivity index (χ3n) is 5.50. The summed E-state index contributed by atoms with van der Waals surface area (Å²) < 4.78 is 15.8. The van der Waals surface area contributed by atoms with Crippen LogP contribution in [-0.4, -0.2) is 15.3 Å². The van der Waals surface area contributed by atoms with Gasteiger partial charge >= 0.3 is 0 Å². The van der Waals surface area contributed by atoms with Crippen molar-refractivity contribution < 1.29 is 9.18 Å². The van der Waals surface area contributed by atoms with Crippen molar-refractivity contribution in [3.8, 4) is 11.3 Å². The lowest BCUT2D eigenvalue weighted by atomic mass is 10.0. The van der Waals surface area contributed by atoms with Crippen LogP contribution in [0, 0.1) is 33.5 Å². The van der Waals surface area contributed by atoms with Crippen molar-refractivity contribution in [1.82, 2.24) is 9.38 Å². The highest BCUT2D eigenvalue weighted by Crippen LogP contribution is 2.27. The number of fused-ring (bicyclic) bond motifs is 1. The van der Waals surface area contributed by atoms with Crippen LogP contribution < -0.4 is 5.32 Å². The van der Waals surface area contributed by atoms with Gasteiger partial charge in [0.25, 0.3) is 0 Å². The number of imidazole rings is 1. The Hall–Kier alpha value is -3.47. The molecule has 4 aromatic rings. The molecular formula is C25H24FN3O. The van der Waals surface area contributed by atoms with Crippen LogP contribution >= 0.6 is 0 Å². The van der Waals surface area contributed by atoms with Gasteiger partial charge in [0.15, 0.2) is 0 Å². The van der Waals surface area contributed by atoms with Crippen LogP contribution in [0.3, 0.4) is 0 Å². The lowest BCUT2D eigenvalue weighted by Gasteiger charge is -2.11. The number of pyridine rings is 1. The molecule has 152 valence electrons. The number of carbonyl (C=O) groups is 1. The van der Waals surface area contributed by atoms with Gasteiger partial charge in [-0.25, -0.2) is 9.37 Å². The van der Waals surface area contributed by atoms with E-state index in [1.807, 2.05) is 61.7 Å². The fourth-order valence-corrected chi connectivity index (χ4v) is 3.62. The van der Waals surface area contributed by atoms with Crippen molar-refractivity contribution in [3.05, 3.63) is 88.5 Å². The molecular weight excluding hydrogens is 377 g/mol. The zero-order valence-corrected chi connectivity index (χ0v) is 17.6. The smallest absolute Gasteiger partial charge is 0.230 e. The second kappa shape index (κ2) is 7.75. The Morgan fingerprint density at radius 3 is 2.60 bits per heavy atom. The van der Waals surface area contributed by atoms with Crippen molar-refractivity contribution in [2.24, 2.45) is 0 Å². The van der Waals surface area contributed by atoms with Crippen LogP contribution in [0.2, 0.25) is 0 Å². The van der Waals surface area contributed by atoms with Gasteiger partial charge in [-0.15, -0.1) is 0 Å². The normalized spacial score (nSPS) is 11.1. The number of aromatic nitrogens is 2. The highest BCUT2D eigenvalue weighted by molar-refractivity contribution is 5.94. The highest BCUT2D eigenvalue weighted by Gasteiger charge is 2.18. The predicted molar refractivity (Wildman–Crippen MR) is 118 cm³/mol. The minimum atomic E-state index is -0.257. The first kappa shape index (κ1) is 19.8. The molecule has 0 aliphatic carbocycles. The van der Waals surface area contributed by atoms with Gasteiger partial charge in [-0.1, -0.05) is 18.2 Å². The highest BCUT2D eigenvalue weighted by atomic mass is 19.1. The molecule has 30 heavy (non-hydrogen) atoms. The number of rotatable bonds is 4. The van der Waals surface area contributed by atoms with E-state index in [1.54, 1.807) is 19.1 Å². The summed E-state index contributed by atoms with van der Waals surface area (Å²) >= 11 is 0. The second-order valence-corrected chi connectivity index (χ2v) is 7.78. The Morgan fingerprint density at radius 1 is 1.03 bits per heavy atom. The van der Waals surface area contributed by atoms with Crippen LogP contribution in [-0.2, 0) is 11.2 Å². The van der Waals surface area contributed by atoms with E-state index in [1.165, 1.54) is 6.07 Å². The quantitative estimate of drug-likeness (QED) is 0.487. The van der Waals surface area contributed by atoms with Gasteiger partial charge in [0.1, 0.15) is 11.5 Å². The van der Waals surface area contributed by atoms with Gasteiger partial charge < -0.3 is 9.72 Å². The average Bonchev–Trinajstić information content (AvgIpc) is 3.05. The molecule has 0 saturated heterocycles.